The predicted molar refractivity (Wildman–Crippen MR) is 62.2 cm³/mol. The largest absolute Gasteiger partial charge is 0.444 e. The molecule has 0 aromatic carbocycles. The zero-order chi connectivity index (χ0) is 11.8. The number of ether oxygens (including phenoxy) is 1. The first-order valence-corrected chi connectivity index (χ1v) is 6.16. The molecule has 1 saturated carbocycles. The zero-order valence-electron chi connectivity index (χ0n) is 10.4. The van der Waals surface area contributed by atoms with Crippen molar-refractivity contribution in [1.29, 1.82) is 0 Å². The van der Waals surface area contributed by atoms with E-state index in [0.29, 0.717) is 17.9 Å². The van der Waals surface area contributed by atoms with Gasteiger partial charge in [-0.05, 0) is 58.5 Å². The number of nitrogens with one attached hydrogen (secondary N) is 2. The van der Waals surface area contributed by atoms with Crippen molar-refractivity contribution in [2.75, 3.05) is 13.1 Å². The molecule has 4 heteroatoms. The van der Waals surface area contributed by atoms with E-state index in [-0.39, 0.29) is 6.09 Å². The van der Waals surface area contributed by atoms with Crippen LogP contribution in [-0.2, 0) is 4.74 Å². The fourth-order valence-electron chi connectivity index (χ4n) is 2.76. The van der Waals surface area contributed by atoms with Crippen molar-refractivity contribution in [1.82, 2.24) is 10.6 Å². The molecule has 0 spiro atoms. The Morgan fingerprint density at radius 1 is 1.25 bits per heavy atom. The van der Waals surface area contributed by atoms with Gasteiger partial charge in [0, 0.05) is 6.04 Å². The van der Waals surface area contributed by atoms with Crippen molar-refractivity contribution < 1.29 is 9.53 Å². The quantitative estimate of drug-likeness (QED) is 0.712. The number of amides is 1. The Bertz CT molecular complexity index is 257. The summed E-state index contributed by atoms with van der Waals surface area (Å²) in [4.78, 5) is 11.7. The summed E-state index contributed by atoms with van der Waals surface area (Å²) in [6.07, 6.45) is 2.17. The molecule has 0 aromatic heterocycles. The van der Waals surface area contributed by atoms with E-state index in [1.54, 1.807) is 0 Å². The molecule has 0 aromatic rings. The lowest BCUT2D eigenvalue weighted by Crippen LogP contribution is -2.51. The summed E-state index contributed by atoms with van der Waals surface area (Å²) >= 11 is 0. The number of hydrogen-bond acceptors (Lipinski definition) is 3. The minimum absolute atomic E-state index is 0.267. The monoisotopic (exact) mass is 226 g/mol. The number of rotatable bonds is 1. The summed E-state index contributed by atoms with van der Waals surface area (Å²) in [7, 11) is 0. The molecule has 2 aliphatic rings. The fraction of sp³-hybridized carbons (Fsp3) is 0.917. The van der Waals surface area contributed by atoms with Crippen LogP contribution in [0.4, 0.5) is 4.79 Å². The van der Waals surface area contributed by atoms with Gasteiger partial charge in [0.25, 0.3) is 0 Å². The van der Waals surface area contributed by atoms with E-state index in [1.165, 1.54) is 12.8 Å². The van der Waals surface area contributed by atoms with Crippen LogP contribution in [0.25, 0.3) is 0 Å². The first-order valence-electron chi connectivity index (χ1n) is 6.16. The highest BCUT2D eigenvalue weighted by Gasteiger charge is 2.40. The van der Waals surface area contributed by atoms with Gasteiger partial charge in [-0.2, -0.15) is 0 Å². The molecule has 2 fully saturated rings. The molecule has 0 unspecified atom stereocenters. The Hall–Kier alpha value is -0.770. The molecule has 3 atom stereocenters. The fourth-order valence-corrected chi connectivity index (χ4v) is 2.76. The van der Waals surface area contributed by atoms with E-state index >= 15 is 0 Å². The van der Waals surface area contributed by atoms with E-state index in [4.69, 9.17) is 4.74 Å². The maximum Gasteiger partial charge on any atom is 0.407 e. The van der Waals surface area contributed by atoms with Crippen molar-refractivity contribution in [3.8, 4) is 0 Å². The topological polar surface area (TPSA) is 50.4 Å². The van der Waals surface area contributed by atoms with Gasteiger partial charge in [-0.15, -0.1) is 0 Å². The van der Waals surface area contributed by atoms with Crippen LogP contribution < -0.4 is 10.6 Å². The summed E-state index contributed by atoms with van der Waals surface area (Å²) in [6.45, 7) is 7.73. The normalized spacial score (nSPS) is 33.6. The van der Waals surface area contributed by atoms with Crippen LogP contribution >= 0.6 is 0 Å². The summed E-state index contributed by atoms with van der Waals surface area (Å²) < 4.78 is 5.29. The highest BCUT2D eigenvalue weighted by molar-refractivity contribution is 5.68. The molecule has 92 valence electrons. The molecule has 1 amide bonds. The van der Waals surface area contributed by atoms with E-state index in [1.807, 2.05) is 20.8 Å². The van der Waals surface area contributed by atoms with Crippen molar-refractivity contribution in [2.45, 2.75) is 45.3 Å². The molecule has 1 aliphatic carbocycles. The SMILES string of the molecule is CC(C)(C)OC(=O)N[C@H]1[C@@H]2CC[C@H]1CNC2. The Kier molecular flexibility index (Phi) is 3.10. The minimum atomic E-state index is -0.407. The first kappa shape index (κ1) is 11.7. The van der Waals surface area contributed by atoms with Gasteiger partial charge in [-0.3, -0.25) is 0 Å². The second kappa shape index (κ2) is 4.24. The van der Waals surface area contributed by atoms with Gasteiger partial charge in [0.1, 0.15) is 5.60 Å². The number of carbonyl (C=O) groups is 1. The van der Waals surface area contributed by atoms with Crippen molar-refractivity contribution in [2.24, 2.45) is 11.8 Å². The summed E-state index contributed by atoms with van der Waals surface area (Å²) in [5.74, 6) is 1.18. The average molecular weight is 226 g/mol. The highest BCUT2D eigenvalue weighted by Crippen LogP contribution is 2.33. The Balaban J connectivity index is 1.88. The number of carbonyl (C=O) groups excluding carboxylic acids is 1. The number of hydrogen-bond donors (Lipinski definition) is 2. The number of alkyl carbamates (subject to hydrolysis) is 1. The van der Waals surface area contributed by atoms with E-state index in [2.05, 4.69) is 10.6 Å². The third-order valence-electron chi connectivity index (χ3n) is 3.42. The second-order valence-corrected chi connectivity index (χ2v) is 5.93. The first-order chi connectivity index (χ1) is 7.46. The molecule has 2 N–H and O–H groups in total. The van der Waals surface area contributed by atoms with E-state index in [0.717, 1.165) is 13.1 Å². The van der Waals surface area contributed by atoms with Gasteiger partial charge >= 0.3 is 6.09 Å². The van der Waals surface area contributed by atoms with Crippen LogP contribution in [0, 0.1) is 11.8 Å². The molecule has 2 rings (SSSR count). The number of piperidine rings is 1. The third kappa shape index (κ3) is 2.67. The molecule has 1 aliphatic heterocycles. The standard InChI is InChI=1S/C12H22N2O2/c1-12(2,3)16-11(15)14-10-8-4-5-9(10)7-13-6-8/h8-10,13H,4-7H2,1-3H3,(H,14,15)/t8-,9+,10+. The van der Waals surface area contributed by atoms with Gasteiger partial charge in [-0.25, -0.2) is 4.79 Å². The Labute approximate surface area is 97.1 Å². The van der Waals surface area contributed by atoms with Crippen molar-refractivity contribution in [3.05, 3.63) is 0 Å². The van der Waals surface area contributed by atoms with Crippen LogP contribution in [0.15, 0.2) is 0 Å². The van der Waals surface area contributed by atoms with Gasteiger partial charge in [0.15, 0.2) is 0 Å². The van der Waals surface area contributed by atoms with Gasteiger partial charge in [0.05, 0.1) is 0 Å². The summed E-state index contributed by atoms with van der Waals surface area (Å²) in [5.41, 5.74) is -0.407. The summed E-state index contributed by atoms with van der Waals surface area (Å²) in [6, 6.07) is 0.316. The lowest BCUT2D eigenvalue weighted by Gasteiger charge is -2.32. The minimum Gasteiger partial charge on any atom is -0.444 e. The number of fused-ring (bicyclic) bond motifs is 2. The average Bonchev–Trinajstić information content (AvgIpc) is 2.39. The van der Waals surface area contributed by atoms with Crippen molar-refractivity contribution >= 4 is 6.09 Å². The molecule has 2 bridgehead atoms. The van der Waals surface area contributed by atoms with Crippen LogP contribution in [-0.4, -0.2) is 30.8 Å². The molecule has 16 heavy (non-hydrogen) atoms. The molecule has 0 radical (unpaired) electrons. The van der Waals surface area contributed by atoms with Crippen LogP contribution in [0.2, 0.25) is 0 Å². The Morgan fingerprint density at radius 3 is 2.31 bits per heavy atom. The van der Waals surface area contributed by atoms with E-state index < -0.39 is 5.60 Å². The maximum absolute atomic E-state index is 11.7. The smallest absolute Gasteiger partial charge is 0.407 e. The van der Waals surface area contributed by atoms with Crippen molar-refractivity contribution in [3.63, 3.8) is 0 Å². The predicted octanol–water partition coefficient (Wildman–Crippen LogP) is 1.51. The van der Waals surface area contributed by atoms with Crippen LogP contribution in [0.5, 0.6) is 0 Å². The van der Waals surface area contributed by atoms with Gasteiger partial charge < -0.3 is 15.4 Å². The van der Waals surface area contributed by atoms with Crippen LogP contribution in [0.1, 0.15) is 33.6 Å². The maximum atomic E-state index is 11.7. The highest BCUT2D eigenvalue weighted by atomic mass is 16.6. The van der Waals surface area contributed by atoms with Gasteiger partial charge in [0.2, 0.25) is 0 Å². The zero-order valence-corrected chi connectivity index (χ0v) is 10.4. The van der Waals surface area contributed by atoms with Gasteiger partial charge in [-0.1, -0.05) is 0 Å². The molecular formula is C12H22N2O2. The lowest BCUT2D eigenvalue weighted by atomic mass is 9.94. The summed E-state index contributed by atoms with van der Waals surface area (Å²) in [5, 5.41) is 6.44. The van der Waals surface area contributed by atoms with E-state index in [9.17, 15) is 4.79 Å². The van der Waals surface area contributed by atoms with Crippen LogP contribution in [0.3, 0.4) is 0 Å². The Morgan fingerprint density at radius 2 is 1.81 bits per heavy atom. The molecular weight excluding hydrogens is 204 g/mol. The lowest BCUT2D eigenvalue weighted by molar-refractivity contribution is 0.0468. The third-order valence-corrected chi connectivity index (χ3v) is 3.42. The molecule has 4 nitrogen and oxygen atoms in total. The second-order valence-electron chi connectivity index (χ2n) is 5.93. The molecule has 1 saturated heterocycles. The molecule has 1 heterocycles.